The predicted molar refractivity (Wildman–Crippen MR) is 119 cm³/mol. The van der Waals surface area contributed by atoms with Crippen LogP contribution in [-0.2, 0) is 0 Å². The number of nitrogens with zero attached hydrogens (tertiary/aromatic N) is 2. The van der Waals surface area contributed by atoms with Gasteiger partial charge in [0, 0.05) is 17.4 Å². The van der Waals surface area contributed by atoms with Crippen LogP contribution in [0.3, 0.4) is 0 Å². The summed E-state index contributed by atoms with van der Waals surface area (Å²) in [6, 6.07) is 17.2. The van der Waals surface area contributed by atoms with Gasteiger partial charge in [-0.2, -0.15) is 0 Å². The Labute approximate surface area is 190 Å². The lowest BCUT2D eigenvalue weighted by atomic mass is 10.0. The lowest BCUT2D eigenvalue weighted by Crippen LogP contribution is -2.17. The van der Waals surface area contributed by atoms with E-state index in [0.717, 1.165) is 22.9 Å². The van der Waals surface area contributed by atoms with E-state index in [4.69, 9.17) is 4.74 Å². The van der Waals surface area contributed by atoms with Gasteiger partial charge in [-0.05, 0) is 65.4 Å². The second-order valence-corrected chi connectivity index (χ2v) is 7.24. The third-order valence-corrected chi connectivity index (χ3v) is 4.97. The van der Waals surface area contributed by atoms with Crippen molar-refractivity contribution in [3.05, 3.63) is 84.8 Å². The highest BCUT2D eigenvalue weighted by atomic mass is 19.4. The molecule has 5 aromatic rings. The van der Waals surface area contributed by atoms with Crippen LogP contribution in [0.25, 0.3) is 21.8 Å². The molecule has 0 aliphatic rings. The minimum Gasteiger partial charge on any atom is -0.438 e. The summed E-state index contributed by atoms with van der Waals surface area (Å²) < 4.78 is 46.7. The average Bonchev–Trinajstić information content (AvgIpc) is 3.29. The third-order valence-electron chi connectivity index (χ3n) is 4.97. The van der Waals surface area contributed by atoms with Crippen LogP contribution in [-0.4, -0.2) is 27.2 Å². The Morgan fingerprint density at radius 3 is 2.50 bits per heavy atom. The van der Waals surface area contributed by atoms with E-state index in [0.29, 0.717) is 33.9 Å². The van der Waals surface area contributed by atoms with Gasteiger partial charge in [0.15, 0.2) is 0 Å². The minimum atomic E-state index is -4.78. The Hall–Kier alpha value is -4.60. The van der Waals surface area contributed by atoms with Gasteiger partial charge in [-0.1, -0.05) is 12.1 Å². The Kier molecular flexibility index (Phi) is 5.25. The number of aromatic nitrogens is 3. The van der Waals surface area contributed by atoms with Crippen molar-refractivity contribution in [2.45, 2.75) is 6.36 Å². The topological polar surface area (TPSA) is 89.1 Å². The van der Waals surface area contributed by atoms with Gasteiger partial charge >= 0.3 is 6.36 Å². The molecule has 0 atom stereocenters. The maximum absolute atomic E-state index is 12.9. The summed E-state index contributed by atoms with van der Waals surface area (Å²) >= 11 is 0. The fraction of sp³-hybridized carbons (Fsp3) is 0.0417. The number of anilines is 1. The van der Waals surface area contributed by atoms with Gasteiger partial charge in [0.1, 0.15) is 23.5 Å². The summed E-state index contributed by atoms with van der Waals surface area (Å²) in [7, 11) is 0. The van der Waals surface area contributed by atoms with Gasteiger partial charge in [-0.25, -0.2) is 9.97 Å². The van der Waals surface area contributed by atoms with E-state index in [1.54, 1.807) is 36.5 Å². The standard InChI is InChI=1S/C24H15F3N4O3/c25-24(26,27)34-16-6-4-15(5-7-16)31-22(32)19-3-1-2-14-12-17(8-9-18(14)19)33-23-20-10-11-28-21(20)29-13-30-23/h1-13H,(H,31,32)(H,28,29,30). The summed E-state index contributed by atoms with van der Waals surface area (Å²) in [4.78, 5) is 24.2. The van der Waals surface area contributed by atoms with E-state index in [1.165, 1.54) is 18.5 Å². The Morgan fingerprint density at radius 1 is 0.912 bits per heavy atom. The molecule has 0 unspecified atom stereocenters. The van der Waals surface area contributed by atoms with E-state index in [2.05, 4.69) is 25.0 Å². The molecular formula is C24H15F3N4O3. The van der Waals surface area contributed by atoms with Gasteiger partial charge < -0.3 is 19.8 Å². The number of halogens is 3. The van der Waals surface area contributed by atoms with Crippen molar-refractivity contribution in [3.8, 4) is 17.4 Å². The molecule has 0 aliphatic carbocycles. The van der Waals surface area contributed by atoms with Gasteiger partial charge in [-0.3, -0.25) is 4.79 Å². The minimum absolute atomic E-state index is 0.329. The van der Waals surface area contributed by atoms with Gasteiger partial charge in [0.25, 0.3) is 5.91 Å². The van der Waals surface area contributed by atoms with E-state index >= 15 is 0 Å². The Bertz CT molecular complexity index is 1500. The van der Waals surface area contributed by atoms with Crippen molar-refractivity contribution < 1.29 is 27.4 Å². The zero-order valence-corrected chi connectivity index (χ0v) is 17.3. The van der Waals surface area contributed by atoms with Crippen molar-refractivity contribution in [2.24, 2.45) is 0 Å². The zero-order chi connectivity index (χ0) is 23.7. The first-order valence-corrected chi connectivity index (χ1v) is 10.0. The predicted octanol–water partition coefficient (Wildman–Crippen LogP) is 6.05. The van der Waals surface area contributed by atoms with Crippen molar-refractivity contribution >= 4 is 33.4 Å². The van der Waals surface area contributed by atoms with Crippen LogP contribution in [0.5, 0.6) is 17.4 Å². The van der Waals surface area contributed by atoms with Gasteiger partial charge in [0.05, 0.1) is 5.39 Å². The van der Waals surface area contributed by atoms with Gasteiger partial charge in [0.2, 0.25) is 5.88 Å². The molecule has 0 spiro atoms. The monoisotopic (exact) mass is 464 g/mol. The van der Waals surface area contributed by atoms with Crippen molar-refractivity contribution in [1.82, 2.24) is 15.0 Å². The SMILES string of the molecule is O=C(Nc1ccc(OC(F)(F)F)cc1)c1cccc2cc(Oc3ncnc4[nH]ccc34)ccc12. The van der Waals surface area contributed by atoms with Crippen LogP contribution in [0, 0.1) is 0 Å². The summed E-state index contributed by atoms with van der Waals surface area (Å²) in [6.07, 6.45) is -1.63. The maximum Gasteiger partial charge on any atom is 0.573 e. The number of fused-ring (bicyclic) bond motifs is 2. The summed E-state index contributed by atoms with van der Waals surface area (Å²) in [5.74, 6) is 0.154. The molecule has 2 aromatic heterocycles. The maximum atomic E-state index is 12.9. The van der Waals surface area contributed by atoms with Crippen LogP contribution in [0.2, 0.25) is 0 Å². The number of rotatable bonds is 5. The van der Waals surface area contributed by atoms with Crippen LogP contribution >= 0.6 is 0 Å². The van der Waals surface area contributed by atoms with Crippen LogP contribution in [0.4, 0.5) is 18.9 Å². The highest BCUT2D eigenvalue weighted by molar-refractivity contribution is 6.13. The highest BCUT2D eigenvalue weighted by Gasteiger charge is 2.31. The second kappa shape index (κ2) is 8.39. The van der Waals surface area contributed by atoms with E-state index < -0.39 is 12.3 Å². The Balaban J connectivity index is 1.37. The van der Waals surface area contributed by atoms with Gasteiger partial charge in [-0.15, -0.1) is 13.2 Å². The van der Waals surface area contributed by atoms with Crippen molar-refractivity contribution in [1.29, 1.82) is 0 Å². The molecule has 1 amide bonds. The molecule has 0 fully saturated rings. The van der Waals surface area contributed by atoms with Crippen LogP contribution in [0.1, 0.15) is 10.4 Å². The molecule has 0 saturated carbocycles. The molecule has 0 radical (unpaired) electrons. The number of carbonyl (C=O) groups is 1. The normalized spacial score (nSPS) is 11.5. The number of benzene rings is 3. The molecule has 10 heteroatoms. The van der Waals surface area contributed by atoms with Crippen molar-refractivity contribution in [3.63, 3.8) is 0 Å². The molecule has 7 nitrogen and oxygen atoms in total. The molecule has 170 valence electrons. The number of H-pyrrole nitrogens is 1. The van der Waals surface area contributed by atoms with E-state index in [1.807, 2.05) is 12.1 Å². The fourth-order valence-corrected chi connectivity index (χ4v) is 3.50. The Morgan fingerprint density at radius 2 is 1.71 bits per heavy atom. The number of alkyl halides is 3. The fourth-order valence-electron chi connectivity index (χ4n) is 3.50. The van der Waals surface area contributed by atoms with E-state index in [9.17, 15) is 18.0 Å². The number of carbonyl (C=O) groups excluding carboxylic acids is 1. The number of aromatic amines is 1. The summed E-state index contributed by atoms with van der Waals surface area (Å²) in [6.45, 7) is 0. The van der Waals surface area contributed by atoms with Crippen LogP contribution in [0.15, 0.2) is 79.3 Å². The smallest absolute Gasteiger partial charge is 0.438 e. The molecule has 2 heterocycles. The first kappa shape index (κ1) is 21.3. The quantitative estimate of drug-likeness (QED) is 0.330. The lowest BCUT2D eigenvalue weighted by Gasteiger charge is -2.11. The number of nitrogens with one attached hydrogen (secondary N) is 2. The molecule has 2 N–H and O–H groups in total. The molecule has 34 heavy (non-hydrogen) atoms. The first-order valence-electron chi connectivity index (χ1n) is 10.0. The summed E-state index contributed by atoms with van der Waals surface area (Å²) in [5, 5.41) is 4.86. The second-order valence-electron chi connectivity index (χ2n) is 7.24. The number of hydrogen-bond acceptors (Lipinski definition) is 5. The van der Waals surface area contributed by atoms with Crippen molar-refractivity contribution in [2.75, 3.05) is 5.32 Å². The first-order chi connectivity index (χ1) is 16.4. The molecular weight excluding hydrogens is 449 g/mol. The number of hydrogen-bond donors (Lipinski definition) is 2. The third kappa shape index (κ3) is 4.46. The van der Waals surface area contributed by atoms with Crippen LogP contribution < -0.4 is 14.8 Å². The molecule has 0 saturated heterocycles. The number of amides is 1. The molecule has 0 aliphatic heterocycles. The molecule has 3 aromatic carbocycles. The highest BCUT2D eigenvalue weighted by Crippen LogP contribution is 2.30. The molecule has 5 rings (SSSR count). The zero-order valence-electron chi connectivity index (χ0n) is 17.3. The summed E-state index contributed by atoms with van der Waals surface area (Å²) in [5.41, 5.74) is 1.38. The van der Waals surface area contributed by atoms with E-state index in [-0.39, 0.29) is 5.75 Å². The average molecular weight is 464 g/mol. The number of ether oxygens (including phenoxy) is 2. The largest absolute Gasteiger partial charge is 0.573 e. The molecule has 0 bridgehead atoms. The lowest BCUT2D eigenvalue weighted by molar-refractivity contribution is -0.274.